The molecule has 14 nitrogen and oxygen atoms in total. The Morgan fingerprint density at radius 3 is 2.00 bits per heavy atom. The molecule has 0 saturated carbocycles. The van der Waals surface area contributed by atoms with Gasteiger partial charge in [-0.2, -0.15) is 0 Å². The summed E-state index contributed by atoms with van der Waals surface area (Å²) in [6, 6.07) is -4.18. The van der Waals surface area contributed by atoms with Crippen LogP contribution in [0.5, 0.6) is 0 Å². The third-order valence-corrected chi connectivity index (χ3v) is 5.75. The summed E-state index contributed by atoms with van der Waals surface area (Å²) in [7, 11) is 0. The fourth-order valence-corrected chi connectivity index (χ4v) is 3.63. The first-order chi connectivity index (χ1) is 17.6. The molecule has 2 aromatic heterocycles. The zero-order chi connectivity index (χ0) is 27.4. The maximum atomic E-state index is 13.2. The Balaban J connectivity index is 2.11. The quantitative estimate of drug-likeness (QED) is 0.121. The van der Waals surface area contributed by atoms with Crippen LogP contribution in [0, 0.1) is 5.92 Å². The van der Waals surface area contributed by atoms with Crippen LogP contribution in [0.3, 0.4) is 0 Å². The van der Waals surface area contributed by atoms with Crippen molar-refractivity contribution in [1.82, 2.24) is 35.9 Å². The summed E-state index contributed by atoms with van der Waals surface area (Å²) >= 11 is 0. The lowest BCUT2D eigenvalue weighted by molar-refractivity contribution is -0.142. The molecule has 0 fully saturated rings. The van der Waals surface area contributed by atoms with Gasteiger partial charge in [-0.1, -0.05) is 13.8 Å². The van der Waals surface area contributed by atoms with E-state index in [0.717, 1.165) is 0 Å². The predicted molar refractivity (Wildman–Crippen MR) is 134 cm³/mol. The molecule has 0 aromatic carbocycles. The van der Waals surface area contributed by atoms with E-state index in [9.17, 15) is 24.3 Å². The van der Waals surface area contributed by atoms with Gasteiger partial charge in [-0.3, -0.25) is 14.4 Å². The van der Waals surface area contributed by atoms with Crippen LogP contribution < -0.4 is 27.4 Å². The second kappa shape index (κ2) is 14.7. The van der Waals surface area contributed by atoms with Crippen molar-refractivity contribution in [2.45, 2.75) is 70.1 Å². The number of nitrogens with one attached hydrogen (secondary N) is 5. The molecular weight excluding hydrogens is 482 g/mol. The van der Waals surface area contributed by atoms with Crippen molar-refractivity contribution in [2.24, 2.45) is 17.4 Å². The smallest absolute Gasteiger partial charge is 0.326 e. The Bertz CT molecular complexity index is 994. The van der Waals surface area contributed by atoms with Crippen molar-refractivity contribution < 1.29 is 24.3 Å². The monoisotopic (exact) mass is 519 g/mol. The van der Waals surface area contributed by atoms with Crippen molar-refractivity contribution in [3.8, 4) is 0 Å². The number of carbonyl (C=O) groups is 4. The van der Waals surface area contributed by atoms with Gasteiger partial charge < -0.3 is 42.5 Å². The van der Waals surface area contributed by atoms with E-state index in [1.54, 1.807) is 20.0 Å². The van der Waals surface area contributed by atoms with Crippen molar-refractivity contribution >= 4 is 23.7 Å². The molecule has 4 unspecified atom stereocenters. The highest BCUT2D eigenvalue weighted by Gasteiger charge is 2.32. The highest BCUT2D eigenvalue weighted by molar-refractivity contribution is 5.94. The van der Waals surface area contributed by atoms with Crippen molar-refractivity contribution in [1.29, 1.82) is 0 Å². The van der Waals surface area contributed by atoms with Gasteiger partial charge in [-0.15, -0.1) is 0 Å². The summed E-state index contributed by atoms with van der Waals surface area (Å²) < 4.78 is 0. The average molecular weight is 520 g/mol. The maximum absolute atomic E-state index is 13.2. The second-order valence-electron chi connectivity index (χ2n) is 9.14. The van der Waals surface area contributed by atoms with E-state index in [1.165, 1.54) is 18.9 Å². The van der Waals surface area contributed by atoms with Crippen LogP contribution >= 0.6 is 0 Å². The number of carboxylic acid groups (broad SMARTS) is 1. The minimum atomic E-state index is -1.18. The number of hydrogen-bond donors (Lipinski definition) is 8. The van der Waals surface area contributed by atoms with Crippen LogP contribution in [0.2, 0.25) is 0 Å². The summed E-state index contributed by atoms with van der Waals surface area (Å²) in [5.41, 5.74) is 12.7. The number of unbranched alkanes of at least 4 members (excludes halogenated alkanes) is 1. The normalized spacial score (nSPS) is 14.4. The number of carboxylic acids is 1. The Kier molecular flexibility index (Phi) is 11.7. The minimum absolute atomic E-state index is 0.0326. The van der Waals surface area contributed by atoms with Gasteiger partial charge in [0, 0.05) is 36.6 Å². The van der Waals surface area contributed by atoms with Gasteiger partial charge in [0.1, 0.15) is 18.1 Å². The molecule has 0 aliphatic carbocycles. The summed E-state index contributed by atoms with van der Waals surface area (Å²) in [5, 5.41) is 17.3. The SMILES string of the molecule is CC(C)C(NC(=O)C(N)Cc1cnc[nH]1)C(=O)NC(Cc1cnc[nH]1)C(=O)NC(CCCCN)C(=O)O. The summed E-state index contributed by atoms with van der Waals surface area (Å²) in [4.78, 5) is 64.2. The fourth-order valence-electron chi connectivity index (χ4n) is 3.63. The third kappa shape index (κ3) is 9.65. The number of rotatable bonds is 16. The lowest BCUT2D eigenvalue weighted by Crippen LogP contribution is -2.59. The zero-order valence-electron chi connectivity index (χ0n) is 21.1. The highest BCUT2D eigenvalue weighted by Crippen LogP contribution is 2.08. The van der Waals surface area contributed by atoms with Crippen LogP contribution in [-0.2, 0) is 32.0 Å². The van der Waals surface area contributed by atoms with E-state index in [4.69, 9.17) is 11.5 Å². The number of hydrogen-bond acceptors (Lipinski definition) is 8. The lowest BCUT2D eigenvalue weighted by atomic mass is 10.0. The van der Waals surface area contributed by atoms with Crippen LogP contribution in [0.15, 0.2) is 25.0 Å². The van der Waals surface area contributed by atoms with Gasteiger partial charge in [0.15, 0.2) is 0 Å². The topological polar surface area (TPSA) is 234 Å². The number of H-pyrrole nitrogens is 2. The number of aliphatic carboxylic acids is 1. The van der Waals surface area contributed by atoms with Gasteiger partial charge in [-0.05, 0) is 31.7 Å². The Morgan fingerprint density at radius 1 is 0.892 bits per heavy atom. The molecule has 0 aliphatic rings. The first-order valence-electron chi connectivity index (χ1n) is 12.2. The van der Waals surface area contributed by atoms with Crippen molar-refractivity contribution in [3.63, 3.8) is 0 Å². The van der Waals surface area contributed by atoms with Crippen LogP contribution in [0.25, 0.3) is 0 Å². The first-order valence-corrected chi connectivity index (χ1v) is 12.2. The number of aromatic amines is 2. The van der Waals surface area contributed by atoms with Crippen LogP contribution in [0.1, 0.15) is 44.5 Å². The molecule has 4 atom stereocenters. The number of amides is 3. The number of nitrogens with zero attached hydrogens (tertiary/aromatic N) is 2. The van der Waals surface area contributed by atoms with Gasteiger partial charge in [-0.25, -0.2) is 14.8 Å². The lowest BCUT2D eigenvalue weighted by Gasteiger charge is -2.27. The summed E-state index contributed by atoms with van der Waals surface area (Å²) in [6.07, 6.45) is 7.52. The van der Waals surface area contributed by atoms with E-state index in [2.05, 4.69) is 35.9 Å². The summed E-state index contributed by atoms with van der Waals surface area (Å²) in [6.45, 7) is 3.90. The van der Waals surface area contributed by atoms with E-state index in [1.807, 2.05) is 0 Å². The molecule has 0 bridgehead atoms. The van der Waals surface area contributed by atoms with Crippen LogP contribution in [0.4, 0.5) is 0 Å². The van der Waals surface area contributed by atoms with E-state index in [0.29, 0.717) is 30.8 Å². The standard InChI is InChI=1S/C23H37N9O5/c1-13(2)19(32-20(33)16(25)7-14-9-26-11-28-14)22(35)31-18(8-15-10-27-12-29-15)21(34)30-17(23(36)37)5-3-4-6-24/h9-13,16-19H,3-8,24-25H2,1-2H3,(H,26,28)(H,27,29)(H,30,34)(H,31,35)(H,32,33)(H,36,37). The van der Waals surface area contributed by atoms with Gasteiger partial charge in [0.25, 0.3) is 0 Å². The Morgan fingerprint density at radius 2 is 1.49 bits per heavy atom. The molecule has 0 aliphatic heterocycles. The number of carbonyl (C=O) groups excluding carboxylic acids is 3. The van der Waals surface area contributed by atoms with Crippen LogP contribution in [-0.4, -0.2) is 79.4 Å². The first kappa shape index (κ1) is 29.5. The second-order valence-corrected chi connectivity index (χ2v) is 9.14. The molecule has 2 heterocycles. The van der Waals surface area contributed by atoms with Gasteiger partial charge in [0.2, 0.25) is 17.7 Å². The van der Waals surface area contributed by atoms with Crippen molar-refractivity contribution in [3.05, 3.63) is 36.4 Å². The molecule has 0 radical (unpaired) electrons. The number of nitrogens with two attached hydrogens (primary N) is 2. The molecule has 10 N–H and O–H groups in total. The fraction of sp³-hybridized carbons (Fsp3) is 0.565. The molecular formula is C23H37N9O5. The van der Waals surface area contributed by atoms with E-state index < -0.39 is 47.9 Å². The third-order valence-electron chi connectivity index (χ3n) is 5.75. The Hall–Kier alpha value is -3.78. The predicted octanol–water partition coefficient (Wildman–Crippen LogP) is -1.43. The maximum Gasteiger partial charge on any atom is 0.326 e. The molecule has 2 rings (SSSR count). The van der Waals surface area contributed by atoms with E-state index in [-0.39, 0.29) is 25.2 Å². The zero-order valence-corrected chi connectivity index (χ0v) is 21.1. The Labute approximate surface area is 214 Å². The largest absolute Gasteiger partial charge is 0.480 e. The number of aromatic nitrogens is 4. The molecule has 0 spiro atoms. The molecule has 3 amide bonds. The molecule has 37 heavy (non-hydrogen) atoms. The van der Waals surface area contributed by atoms with Gasteiger partial charge >= 0.3 is 5.97 Å². The number of imidazole rings is 2. The minimum Gasteiger partial charge on any atom is -0.480 e. The molecule has 2 aromatic rings. The summed E-state index contributed by atoms with van der Waals surface area (Å²) in [5.74, 6) is -3.33. The highest BCUT2D eigenvalue weighted by atomic mass is 16.4. The average Bonchev–Trinajstić information content (AvgIpc) is 3.55. The van der Waals surface area contributed by atoms with E-state index >= 15 is 0 Å². The van der Waals surface area contributed by atoms with Gasteiger partial charge in [0.05, 0.1) is 18.7 Å². The molecule has 204 valence electrons. The van der Waals surface area contributed by atoms with Crippen molar-refractivity contribution in [2.75, 3.05) is 6.54 Å². The molecule has 14 heteroatoms. The molecule has 0 saturated heterocycles.